The molecule has 0 aliphatic carbocycles. The van der Waals surface area contributed by atoms with Crippen LogP contribution in [0, 0.1) is 0 Å². The molecule has 0 fully saturated rings. The van der Waals surface area contributed by atoms with Crippen LogP contribution in [0.1, 0.15) is 29.3 Å². The van der Waals surface area contributed by atoms with E-state index in [2.05, 4.69) is 5.10 Å². The molecule has 1 amide bonds. The van der Waals surface area contributed by atoms with E-state index in [0.717, 1.165) is 5.01 Å². The lowest BCUT2D eigenvalue weighted by Gasteiger charge is -2.31. The number of hydrogen-bond donors (Lipinski definition) is 1. The third kappa shape index (κ3) is 2.88. The van der Waals surface area contributed by atoms with Gasteiger partial charge in [-0.2, -0.15) is 10.1 Å². The van der Waals surface area contributed by atoms with Gasteiger partial charge in [0.15, 0.2) is 5.72 Å². The monoisotopic (exact) mass is 344 g/mol. The van der Waals surface area contributed by atoms with Crippen molar-refractivity contribution in [3.05, 3.63) is 64.7 Å². The Kier molecular flexibility index (Phi) is 4.30. The number of carbonyl (C=O) groups excluding carboxylic acids is 1. The van der Waals surface area contributed by atoms with Gasteiger partial charge in [0.1, 0.15) is 5.75 Å². The molecule has 1 N–H and O–H groups in total. The van der Waals surface area contributed by atoms with Gasteiger partial charge >= 0.3 is 0 Å². The van der Waals surface area contributed by atoms with Crippen LogP contribution in [0.3, 0.4) is 0 Å². The number of nitrogens with zero attached hydrogens (tertiary/aromatic N) is 2. The summed E-state index contributed by atoms with van der Waals surface area (Å²) in [4.78, 5) is 12.8. The van der Waals surface area contributed by atoms with E-state index in [1.54, 1.807) is 62.6 Å². The molecule has 2 aromatic rings. The third-order valence-electron chi connectivity index (χ3n) is 3.94. The fraction of sp³-hybridized carbons (Fsp3) is 0.222. The minimum atomic E-state index is -1.53. The van der Waals surface area contributed by atoms with Crippen LogP contribution in [0.5, 0.6) is 5.75 Å². The van der Waals surface area contributed by atoms with E-state index in [-0.39, 0.29) is 6.42 Å². The van der Waals surface area contributed by atoms with E-state index >= 15 is 0 Å². The molecule has 24 heavy (non-hydrogen) atoms. The Morgan fingerprint density at radius 3 is 2.62 bits per heavy atom. The molecular formula is C18H17ClN2O3. The molecular weight excluding hydrogens is 328 g/mol. The van der Waals surface area contributed by atoms with Crippen LogP contribution in [0.2, 0.25) is 5.02 Å². The van der Waals surface area contributed by atoms with E-state index < -0.39 is 11.6 Å². The summed E-state index contributed by atoms with van der Waals surface area (Å²) in [6.45, 7) is 1.78. The lowest BCUT2D eigenvalue weighted by Crippen LogP contribution is -2.43. The van der Waals surface area contributed by atoms with Gasteiger partial charge in [-0.05, 0) is 37.3 Å². The first-order valence-corrected chi connectivity index (χ1v) is 7.83. The lowest BCUT2D eigenvalue weighted by atomic mass is 9.97. The summed E-state index contributed by atoms with van der Waals surface area (Å²) in [5.41, 5.74) is 0.0753. The van der Waals surface area contributed by atoms with Gasteiger partial charge in [0.25, 0.3) is 5.91 Å². The van der Waals surface area contributed by atoms with Crippen LogP contribution >= 0.6 is 11.6 Å². The molecule has 1 atom stereocenters. The highest BCUT2D eigenvalue weighted by molar-refractivity contribution is 6.31. The molecule has 1 unspecified atom stereocenters. The first-order valence-electron chi connectivity index (χ1n) is 7.45. The van der Waals surface area contributed by atoms with Crippen LogP contribution in [0.4, 0.5) is 0 Å². The molecule has 1 aliphatic heterocycles. The van der Waals surface area contributed by atoms with E-state index in [9.17, 15) is 9.90 Å². The molecule has 3 rings (SSSR count). The van der Waals surface area contributed by atoms with Crippen molar-refractivity contribution in [3.8, 4) is 5.75 Å². The van der Waals surface area contributed by atoms with Gasteiger partial charge in [0.2, 0.25) is 0 Å². The first-order chi connectivity index (χ1) is 11.4. The fourth-order valence-electron chi connectivity index (χ4n) is 2.76. The summed E-state index contributed by atoms with van der Waals surface area (Å²) < 4.78 is 5.14. The summed E-state index contributed by atoms with van der Waals surface area (Å²) in [7, 11) is 1.57. The average Bonchev–Trinajstić information content (AvgIpc) is 2.90. The van der Waals surface area contributed by atoms with E-state index in [4.69, 9.17) is 16.3 Å². The summed E-state index contributed by atoms with van der Waals surface area (Å²) in [6.07, 6.45) is 0.242. The zero-order chi connectivity index (χ0) is 17.3. The van der Waals surface area contributed by atoms with Crippen molar-refractivity contribution >= 4 is 23.2 Å². The Bertz CT molecular complexity index is 804. The average molecular weight is 345 g/mol. The molecule has 0 spiro atoms. The van der Waals surface area contributed by atoms with E-state index in [1.807, 2.05) is 0 Å². The largest absolute Gasteiger partial charge is 0.497 e. The van der Waals surface area contributed by atoms with E-state index in [1.165, 1.54) is 0 Å². The lowest BCUT2D eigenvalue weighted by molar-refractivity contribution is -0.0765. The highest BCUT2D eigenvalue weighted by atomic mass is 35.5. The van der Waals surface area contributed by atoms with Crippen molar-refractivity contribution in [1.82, 2.24) is 5.01 Å². The normalized spacial score (nSPS) is 20.0. The van der Waals surface area contributed by atoms with Crippen LogP contribution in [0.15, 0.2) is 53.6 Å². The smallest absolute Gasteiger partial charge is 0.276 e. The van der Waals surface area contributed by atoms with Crippen LogP contribution in [-0.4, -0.2) is 28.8 Å². The zero-order valence-electron chi connectivity index (χ0n) is 13.4. The summed E-state index contributed by atoms with van der Waals surface area (Å²) >= 11 is 5.96. The second kappa shape index (κ2) is 6.26. The number of ether oxygens (including phenoxy) is 1. The fourth-order valence-corrected chi connectivity index (χ4v) is 2.95. The standard InChI is InChI=1S/C18H17ClN2O3/c1-12-11-18(23,14-6-8-16(24-2)9-7-14)21(20-12)17(22)13-4-3-5-15(19)10-13/h3-10,23H,11H2,1-2H3. The summed E-state index contributed by atoms with van der Waals surface area (Å²) in [5.74, 6) is 0.262. The van der Waals surface area contributed by atoms with Crippen molar-refractivity contribution in [3.63, 3.8) is 0 Å². The second-order valence-electron chi connectivity index (χ2n) is 5.68. The SMILES string of the molecule is COc1ccc(C2(O)CC(C)=NN2C(=O)c2cccc(Cl)c2)cc1. The maximum atomic E-state index is 12.8. The molecule has 0 bridgehead atoms. The van der Waals surface area contributed by atoms with Gasteiger partial charge in [-0.3, -0.25) is 4.79 Å². The molecule has 124 valence electrons. The molecule has 0 saturated carbocycles. The van der Waals surface area contributed by atoms with Gasteiger partial charge in [0, 0.05) is 28.3 Å². The van der Waals surface area contributed by atoms with Gasteiger partial charge in [-0.1, -0.05) is 29.8 Å². The Balaban J connectivity index is 1.99. The minimum absolute atomic E-state index is 0.242. The number of rotatable bonds is 3. The minimum Gasteiger partial charge on any atom is -0.497 e. The Morgan fingerprint density at radius 2 is 2.00 bits per heavy atom. The molecule has 2 aromatic carbocycles. The number of amides is 1. The topological polar surface area (TPSA) is 62.1 Å². The van der Waals surface area contributed by atoms with E-state index in [0.29, 0.717) is 27.6 Å². The number of methoxy groups -OCH3 is 1. The number of hydrazone groups is 1. The second-order valence-corrected chi connectivity index (χ2v) is 6.12. The van der Waals surface area contributed by atoms with Gasteiger partial charge < -0.3 is 9.84 Å². The molecule has 0 aromatic heterocycles. The molecule has 5 nitrogen and oxygen atoms in total. The highest BCUT2D eigenvalue weighted by Gasteiger charge is 2.45. The molecule has 0 radical (unpaired) electrons. The van der Waals surface area contributed by atoms with Crippen molar-refractivity contribution in [1.29, 1.82) is 0 Å². The number of hydrogen-bond acceptors (Lipinski definition) is 4. The van der Waals surface area contributed by atoms with Crippen molar-refractivity contribution < 1.29 is 14.6 Å². The maximum Gasteiger partial charge on any atom is 0.276 e. The zero-order valence-corrected chi connectivity index (χ0v) is 14.1. The number of carbonyl (C=O) groups is 1. The Morgan fingerprint density at radius 1 is 1.29 bits per heavy atom. The number of halogens is 1. The first kappa shape index (κ1) is 16.5. The predicted molar refractivity (Wildman–Crippen MR) is 92.2 cm³/mol. The Hall–Kier alpha value is -2.37. The van der Waals surface area contributed by atoms with Crippen LogP contribution in [-0.2, 0) is 5.72 Å². The maximum absolute atomic E-state index is 12.8. The number of benzene rings is 2. The summed E-state index contributed by atoms with van der Waals surface area (Å²) in [6, 6.07) is 13.5. The van der Waals surface area contributed by atoms with Crippen molar-refractivity contribution in [2.45, 2.75) is 19.1 Å². The summed E-state index contributed by atoms with van der Waals surface area (Å²) in [5, 5.41) is 17.0. The molecule has 1 heterocycles. The predicted octanol–water partition coefficient (Wildman–Crippen LogP) is 3.42. The van der Waals surface area contributed by atoms with Crippen molar-refractivity contribution in [2.75, 3.05) is 7.11 Å². The highest BCUT2D eigenvalue weighted by Crippen LogP contribution is 2.37. The van der Waals surface area contributed by atoms with Crippen LogP contribution < -0.4 is 4.74 Å². The van der Waals surface area contributed by atoms with Crippen molar-refractivity contribution in [2.24, 2.45) is 5.10 Å². The Labute approximate surface area is 145 Å². The van der Waals surface area contributed by atoms with Gasteiger partial charge in [0.05, 0.1) is 7.11 Å². The molecule has 6 heteroatoms. The molecule has 0 saturated heterocycles. The van der Waals surface area contributed by atoms with Gasteiger partial charge in [-0.25, -0.2) is 0 Å². The number of aliphatic hydroxyl groups is 1. The van der Waals surface area contributed by atoms with Crippen LogP contribution in [0.25, 0.3) is 0 Å². The quantitative estimate of drug-likeness (QED) is 0.928. The molecule has 1 aliphatic rings. The third-order valence-corrected chi connectivity index (χ3v) is 4.17. The van der Waals surface area contributed by atoms with Gasteiger partial charge in [-0.15, -0.1) is 0 Å².